The molecule has 1 amide bonds. The molecular weight excluding hydrogens is 200 g/mol. The first-order valence-electron chi connectivity index (χ1n) is 5.86. The van der Waals surface area contributed by atoms with Gasteiger partial charge in [-0.15, -0.1) is 0 Å². The summed E-state index contributed by atoms with van der Waals surface area (Å²) in [5, 5.41) is 3.26. The van der Waals surface area contributed by atoms with Gasteiger partial charge in [-0.25, -0.2) is 0 Å². The molecule has 0 unspecified atom stereocenters. The third kappa shape index (κ3) is 2.42. The zero-order chi connectivity index (χ0) is 11.4. The lowest BCUT2D eigenvalue weighted by atomic mass is 10.1. The lowest BCUT2D eigenvalue weighted by molar-refractivity contribution is -0.118. The molecule has 0 aliphatic carbocycles. The van der Waals surface area contributed by atoms with E-state index in [0.29, 0.717) is 6.42 Å². The summed E-state index contributed by atoms with van der Waals surface area (Å²) in [7, 11) is 0. The maximum Gasteiger partial charge on any atom is 0.228 e. The van der Waals surface area contributed by atoms with Crippen LogP contribution < -0.4 is 10.2 Å². The predicted octanol–water partition coefficient (Wildman–Crippen LogP) is 1.71. The molecule has 1 heterocycles. The Hall–Kier alpha value is -1.35. The zero-order valence-corrected chi connectivity index (χ0v) is 9.70. The van der Waals surface area contributed by atoms with Crippen molar-refractivity contribution in [2.75, 3.05) is 24.5 Å². The second-order valence-corrected chi connectivity index (χ2v) is 4.19. The number of nitrogens with zero attached hydrogens (tertiary/aromatic N) is 1. The Morgan fingerprint density at radius 3 is 2.88 bits per heavy atom. The third-order valence-electron chi connectivity index (χ3n) is 2.96. The van der Waals surface area contributed by atoms with Gasteiger partial charge in [-0.05, 0) is 31.5 Å². The van der Waals surface area contributed by atoms with E-state index in [0.717, 1.165) is 31.7 Å². The fraction of sp³-hybridized carbons (Fsp3) is 0.462. The minimum Gasteiger partial charge on any atom is -0.316 e. The number of amides is 1. The molecule has 1 aromatic carbocycles. The van der Waals surface area contributed by atoms with Gasteiger partial charge in [0.1, 0.15) is 0 Å². The highest BCUT2D eigenvalue weighted by Gasteiger charge is 2.17. The van der Waals surface area contributed by atoms with Crippen LogP contribution in [-0.4, -0.2) is 25.5 Å². The van der Waals surface area contributed by atoms with E-state index in [1.54, 1.807) is 0 Å². The van der Waals surface area contributed by atoms with Crippen LogP contribution in [0.1, 0.15) is 18.4 Å². The monoisotopic (exact) mass is 218 g/mol. The Kier molecular flexibility index (Phi) is 3.57. The molecule has 1 aliphatic heterocycles. The summed E-state index contributed by atoms with van der Waals surface area (Å²) in [6.07, 6.45) is 1.61. The number of nitrogens with one attached hydrogen (secondary N) is 1. The van der Waals surface area contributed by atoms with E-state index in [1.807, 2.05) is 23.1 Å². The van der Waals surface area contributed by atoms with Crippen LogP contribution >= 0.6 is 0 Å². The lowest BCUT2D eigenvalue weighted by Gasteiger charge is -2.26. The van der Waals surface area contributed by atoms with E-state index < -0.39 is 0 Å². The second kappa shape index (κ2) is 5.12. The Morgan fingerprint density at radius 1 is 1.25 bits per heavy atom. The number of anilines is 1. The Labute approximate surface area is 96.5 Å². The van der Waals surface area contributed by atoms with Crippen molar-refractivity contribution >= 4 is 11.6 Å². The van der Waals surface area contributed by atoms with Crippen molar-refractivity contribution in [2.24, 2.45) is 0 Å². The molecule has 1 saturated heterocycles. The van der Waals surface area contributed by atoms with Gasteiger partial charge in [0.05, 0.1) is 0 Å². The van der Waals surface area contributed by atoms with E-state index in [4.69, 9.17) is 0 Å². The second-order valence-electron chi connectivity index (χ2n) is 4.19. The molecule has 0 aromatic heterocycles. The smallest absolute Gasteiger partial charge is 0.228 e. The van der Waals surface area contributed by atoms with Crippen molar-refractivity contribution in [3.63, 3.8) is 0 Å². The molecular formula is C13H18N2O. The van der Waals surface area contributed by atoms with Gasteiger partial charge in [0.2, 0.25) is 5.91 Å². The van der Waals surface area contributed by atoms with Crippen molar-refractivity contribution in [1.82, 2.24) is 5.32 Å². The van der Waals surface area contributed by atoms with E-state index in [2.05, 4.69) is 18.3 Å². The minimum absolute atomic E-state index is 0.224. The number of carbonyl (C=O) groups excluding carboxylic acids is 1. The first-order valence-corrected chi connectivity index (χ1v) is 5.86. The summed E-state index contributed by atoms with van der Waals surface area (Å²) >= 11 is 0. The van der Waals surface area contributed by atoms with E-state index in [-0.39, 0.29) is 5.91 Å². The SMILES string of the molecule is Cc1ccccc1N1CCCNCCC1=O. The van der Waals surface area contributed by atoms with Crippen LogP contribution in [0.5, 0.6) is 0 Å². The summed E-state index contributed by atoms with van der Waals surface area (Å²) in [4.78, 5) is 13.9. The molecule has 1 N–H and O–H groups in total. The van der Waals surface area contributed by atoms with Crippen LogP contribution in [-0.2, 0) is 4.79 Å². The summed E-state index contributed by atoms with van der Waals surface area (Å²) < 4.78 is 0. The van der Waals surface area contributed by atoms with Gasteiger partial charge < -0.3 is 10.2 Å². The largest absolute Gasteiger partial charge is 0.316 e. The molecule has 0 spiro atoms. The van der Waals surface area contributed by atoms with Crippen molar-refractivity contribution in [3.05, 3.63) is 29.8 Å². The number of para-hydroxylation sites is 1. The average molecular weight is 218 g/mol. The molecule has 1 aliphatic rings. The number of rotatable bonds is 1. The molecule has 1 fully saturated rings. The molecule has 0 atom stereocenters. The van der Waals surface area contributed by atoms with Crippen molar-refractivity contribution in [2.45, 2.75) is 19.8 Å². The van der Waals surface area contributed by atoms with Crippen LogP contribution in [0, 0.1) is 6.92 Å². The van der Waals surface area contributed by atoms with Crippen molar-refractivity contribution in [1.29, 1.82) is 0 Å². The van der Waals surface area contributed by atoms with Crippen molar-refractivity contribution < 1.29 is 4.79 Å². The van der Waals surface area contributed by atoms with Gasteiger partial charge in [-0.2, -0.15) is 0 Å². The van der Waals surface area contributed by atoms with Gasteiger partial charge >= 0.3 is 0 Å². The summed E-state index contributed by atoms with van der Waals surface area (Å²) in [6.45, 7) is 4.66. The highest BCUT2D eigenvalue weighted by molar-refractivity contribution is 5.94. The standard InChI is InChI=1S/C13H18N2O/c1-11-5-2-3-6-12(11)15-10-4-8-14-9-7-13(15)16/h2-3,5-6,14H,4,7-10H2,1H3. The number of aryl methyl sites for hydroxylation is 1. The summed E-state index contributed by atoms with van der Waals surface area (Å²) in [6, 6.07) is 8.09. The topological polar surface area (TPSA) is 32.3 Å². The Morgan fingerprint density at radius 2 is 2.06 bits per heavy atom. The van der Waals surface area contributed by atoms with E-state index >= 15 is 0 Å². The number of benzene rings is 1. The van der Waals surface area contributed by atoms with Gasteiger partial charge in [-0.3, -0.25) is 4.79 Å². The maximum absolute atomic E-state index is 12.0. The fourth-order valence-corrected chi connectivity index (χ4v) is 2.06. The molecule has 3 heteroatoms. The quantitative estimate of drug-likeness (QED) is 0.778. The average Bonchev–Trinajstić information content (AvgIpc) is 2.26. The lowest BCUT2D eigenvalue weighted by Crippen LogP contribution is -2.38. The molecule has 86 valence electrons. The molecule has 0 saturated carbocycles. The first kappa shape index (κ1) is 11.1. The Balaban J connectivity index is 2.22. The molecule has 2 rings (SSSR count). The number of hydrogen-bond donors (Lipinski definition) is 1. The van der Waals surface area contributed by atoms with Gasteiger partial charge in [0, 0.05) is 25.2 Å². The molecule has 0 bridgehead atoms. The van der Waals surface area contributed by atoms with Crippen LogP contribution in [0.2, 0.25) is 0 Å². The molecule has 0 radical (unpaired) electrons. The fourth-order valence-electron chi connectivity index (χ4n) is 2.06. The van der Waals surface area contributed by atoms with Crippen molar-refractivity contribution in [3.8, 4) is 0 Å². The van der Waals surface area contributed by atoms with Crippen LogP contribution in [0.3, 0.4) is 0 Å². The Bertz CT molecular complexity index is 376. The predicted molar refractivity (Wildman–Crippen MR) is 65.6 cm³/mol. The molecule has 1 aromatic rings. The van der Waals surface area contributed by atoms with Crippen LogP contribution in [0.15, 0.2) is 24.3 Å². The number of carbonyl (C=O) groups is 1. The maximum atomic E-state index is 12.0. The third-order valence-corrected chi connectivity index (χ3v) is 2.96. The van der Waals surface area contributed by atoms with E-state index in [9.17, 15) is 4.79 Å². The van der Waals surface area contributed by atoms with Crippen LogP contribution in [0.4, 0.5) is 5.69 Å². The normalized spacial score (nSPS) is 18.1. The highest BCUT2D eigenvalue weighted by atomic mass is 16.2. The van der Waals surface area contributed by atoms with Gasteiger partial charge in [0.25, 0.3) is 0 Å². The number of hydrogen-bond acceptors (Lipinski definition) is 2. The molecule has 3 nitrogen and oxygen atoms in total. The van der Waals surface area contributed by atoms with Gasteiger partial charge in [-0.1, -0.05) is 18.2 Å². The minimum atomic E-state index is 0.224. The van der Waals surface area contributed by atoms with Gasteiger partial charge in [0.15, 0.2) is 0 Å². The molecule has 16 heavy (non-hydrogen) atoms. The van der Waals surface area contributed by atoms with E-state index in [1.165, 1.54) is 5.56 Å². The van der Waals surface area contributed by atoms with Crippen LogP contribution in [0.25, 0.3) is 0 Å². The summed E-state index contributed by atoms with van der Waals surface area (Å²) in [5.41, 5.74) is 2.23. The summed E-state index contributed by atoms with van der Waals surface area (Å²) in [5.74, 6) is 0.224. The zero-order valence-electron chi connectivity index (χ0n) is 9.70. The first-order chi connectivity index (χ1) is 7.79. The highest BCUT2D eigenvalue weighted by Crippen LogP contribution is 2.20.